The van der Waals surface area contributed by atoms with E-state index >= 15 is 0 Å². The van der Waals surface area contributed by atoms with E-state index in [1.54, 1.807) is 19.3 Å². The third kappa shape index (κ3) is 4.89. The molecule has 0 bridgehead atoms. The maximum Gasteiger partial charge on any atom is 0.236 e. The van der Waals surface area contributed by atoms with E-state index in [-0.39, 0.29) is 5.91 Å². The average Bonchev–Trinajstić information content (AvgIpc) is 2.52. The summed E-state index contributed by atoms with van der Waals surface area (Å²) < 4.78 is 5.68. The minimum atomic E-state index is -0.493. The molecule has 21 heavy (non-hydrogen) atoms. The van der Waals surface area contributed by atoms with Crippen molar-refractivity contribution in [2.75, 3.05) is 0 Å². The minimum absolute atomic E-state index is 0.159. The molecule has 0 aliphatic heterocycles. The fraction of sp³-hybridized carbons (Fsp3) is 0.250. The first-order valence-corrected chi connectivity index (χ1v) is 6.79. The molecule has 0 saturated heterocycles. The van der Waals surface area contributed by atoms with E-state index in [0.29, 0.717) is 13.2 Å². The van der Waals surface area contributed by atoms with E-state index in [0.717, 1.165) is 16.9 Å². The van der Waals surface area contributed by atoms with Gasteiger partial charge in [0.05, 0.1) is 6.04 Å². The lowest BCUT2D eigenvalue weighted by Gasteiger charge is -2.09. The van der Waals surface area contributed by atoms with E-state index in [2.05, 4.69) is 10.3 Å². The highest BCUT2D eigenvalue weighted by Gasteiger charge is 2.06. The summed E-state index contributed by atoms with van der Waals surface area (Å²) in [6.07, 6.45) is 3.48. The fourth-order valence-electron chi connectivity index (χ4n) is 1.70. The molecule has 110 valence electrons. The monoisotopic (exact) mass is 285 g/mol. The van der Waals surface area contributed by atoms with Crippen LogP contribution in [-0.4, -0.2) is 16.9 Å². The molecule has 0 aliphatic carbocycles. The molecule has 1 atom stereocenters. The van der Waals surface area contributed by atoms with Gasteiger partial charge in [0.25, 0.3) is 0 Å². The van der Waals surface area contributed by atoms with E-state index in [9.17, 15) is 4.79 Å². The highest BCUT2D eigenvalue weighted by atomic mass is 16.5. The second-order valence-corrected chi connectivity index (χ2v) is 4.79. The molecule has 2 aromatic rings. The highest BCUT2D eigenvalue weighted by Crippen LogP contribution is 2.14. The van der Waals surface area contributed by atoms with Crippen molar-refractivity contribution in [1.82, 2.24) is 10.3 Å². The van der Waals surface area contributed by atoms with Crippen LogP contribution in [0.15, 0.2) is 48.8 Å². The number of amides is 1. The molecule has 1 aromatic heterocycles. The Morgan fingerprint density at radius 1 is 1.19 bits per heavy atom. The quantitative estimate of drug-likeness (QED) is 0.845. The zero-order valence-corrected chi connectivity index (χ0v) is 12.0. The Kier molecular flexibility index (Phi) is 5.29. The Morgan fingerprint density at radius 2 is 1.86 bits per heavy atom. The number of nitrogens with zero attached hydrogens (tertiary/aromatic N) is 1. The summed E-state index contributed by atoms with van der Waals surface area (Å²) in [5.74, 6) is 0.627. The first-order valence-electron chi connectivity index (χ1n) is 6.79. The average molecular weight is 285 g/mol. The smallest absolute Gasteiger partial charge is 0.236 e. The van der Waals surface area contributed by atoms with Gasteiger partial charge in [-0.2, -0.15) is 0 Å². The van der Waals surface area contributed by atoms with Gasteiger partial charge in [0.15, 0.2) is 0 Å². The maximum atomic E-state index is 11.4. The van der Waals surface area contributed by atoms with Crippen LogP contribution in [0.2, 0.25) is 0 Å². The molecule has 0 saturated carbocycles. The number of nitrogens with two attached hydrogens (primary N) is 1. The van der Waals surface area contributed by atoms with Crippen molar-refractivity contribution in [3.05, 3.63) is 59.9 Å². The van der Waals surface area contributed by atoms with Crippen molar-refractivity contribution < 1.29 is 9.53 Å². The predicted octanol–water partition coefficient (Wildman–Crippen LogP) is 1.62. The van der Waals surface area contributed by atoms with Gasteiger partial charge in [-0.05, 0) is 42.3 Å². The van der Waals surface area contributed by atoms with Gasteiger partial charge in [-0.15, -0.1) is 0 Å². The molecule has 1 aromatic carbocycles. The molecule has 3 N–H and O–H groups in total. The zero-order valence-electron chi connectivity index (χ0n) is 12.0. The van der Waals surface area contributed by atoms with Gasteiger partial charge in [-0.1, -0.05) is 12.1 Å². The Bertz CT molecular complexity index is 568. The lowest BCUT2D eigenvalue weighted by Crippen LogP contribution is -2.37. The standard InChI is InChI=1S/C16H19N3O2/c1-12(17)16(20)19-10-13-2-4-15(5-3-13)21-11-14-6-8-18-9-7-14/h2-9,12H,10-11,17H2,1H3,(H,19,20). The highest BCUT2D eigenvalue weighted by molar-refractivity contribution is 5.80. The van der Waals surface area contributed by atoms with Crippen molar-refractivity contribution in [2.24, 2.45) is 5.73 Å². The Balaban J connectivity index is 1.83. The van der Waals surface area contributed by atoms with Gasteiger partial charge in [-0.25, -0.2) is 0 Å². The molecule has 0 spiro atoms. The topological polar surface area (TPSA) is 77.2 Å². The first kappa shape index (κ1) is 15.0. The summed E-state index contributed by atoms with van der Waals surface area (Å²) in [6, 6.07) is 10.9. The van der Waals surface area contributed by atoms with E-state index in [4.69, 9.17) is 10.5 Å². The summed E-state index contributed by atoms with van der Waals surface area (Å²) in [5.41, 5.74) is 7.55. The summed E-state index contributed by atoms with van der Waals surface area (Å²) >= 11 is 0. The van der Waals surface area contributed by atoms with Crippen molar-refractivity contribution in [3.8, 4) is 5.75 Å². The van der Waals surface area contributed by atoms with Crippen LogP contribution in [0.4, 0.5) is 0 Å². The van der Waals surface area contributed by atoms with Crippen molar-refractivity contribution in [2.45, 2.75) is 26.1 Å². The Morgan fingerprint density at radius 3 is 2.48 bits per heavy atom. The van der Waals surface area contributed by atoms with Gasteiger partial charge < -0.3 is 15.8 Å². The summed E-state index contributed by atoms with van der Waals surface area (Å²) in [4.78, 5) is 15.3. The minimum Gasteiger partial charge on any atom is -0.489 e. The largest absolute Gasteiger partial charge is 0.489 e. The molecule has 0 aliphatic rings. The lowest BCUT2D eigenvalue weighted by atomic mass is 10.2. The van der Waals surface area contributed by atoms with Gasteiger partial charge in [0.1, 0.15) is 12.4 Å². The van der Waals surface area contributed by atoms with Crippen LogP contribution in [0, 0.1) is 0 Å². The van der Waals surface area contributed by atoms with Gasteiger partial charge >= 0.3 is 0 Å². The van der Waals surface area contributed by atoms with E-state index in [1.807, 2.05) is 36.4 Å². The third-order valence-corrected chi connectivity index (χ3v) is 2.96. The van der Waals surface area contributed by atoms with Crippen LogP contribution in [-0.2, 0) is 17.9 Å². The number of carbonyl (C=O) groups excluding carboxylic acids is 1. The molecule has 2 rings (SSSR count). The van der Waals surface area contributed by atoms with Crippen molar-refractivity contribution in [3.63, 3.8) is 0 Å². The molecule has 1 unspecified atom stereocenters. The molecule has 1 heterocycles. The van der Waals surface area contributed by atoms with Crippen LogP contribution < -0.4 is 15.8 Å². The van der Waals surface area contributed by atoms with Crippen LogP contribution in [0.1, 0.15) is 18.1 Å². The van der Waals surface area contributed by atoms with Gasteiger partial charge in [0.2, 0.25) is 5.91 Å². The second-order valence-electron chi connectivity index (χ2n) is 4.79. The van der Waals surface area contributed by atoms with Crippen molar-refractivity contribution >= 4 is 5.91 Å². The second kappa shape index (κ2) is 7.40. The SMILES string of the molecule is CC(N)C(=O)NCc1ccc(OCc2ccncc2)cc1. The fourth-order valence-corrected chi connectivity index (χ4v) is 1.70. The molecule has 1 amide bonds. The number of rotatable bonds is 6. The number of pyridine rings is 1. The number of hydrogen-bond acceptors (Lipinski definition) is 4. The van der Waals surface area contributed by atoms with Gasteiger partial charge in [0, 0.05) is 18.9 Å². The number of ether oxygens (including phenoxy) is 1. The molecular weight excluding hydrogens is 266 g/mol. The predicted molar refractivity (Wildman–Crippen MR) is 80.5 cm³/mol. The van der Waals surface area contributed by atoms with Crippen LogP contribution >= 0.6 is 0 Å². The Hall–Kier alpha value is -2.40. The summed E-state index contributed by atoms with van der Waals surface area (Å²) in [6.45, 7) is 2.62. The normalized spacial score (nSPS) is 11.7. The number of carbonyl (C=O) groups is 1. The van der Waals surface area contributed by atoms with Crippen molar-refractivity contribution in [1.29, 1.82) is 0 Å². The van der Waals surface area contributed by atoms with Gasteiger partial charge in [-0.3, -0.25) is 9.78 Å². The summed E-state index contributed by atoms with van der Waals surface area (Å²) in [7, 11) is 0. The lowest BCUT2D eigenvalue weighted by molar-refractivity contribution is -0.122. The molecule has 5 heteroatoms. The van der Waals surface area contributed by atoms with Crippen LogP contribution in [0.25, 0.3) is 0 Å². The number of hydrogen-bond donors (Lipinski definition) is 2. The molecule has 5 nitrogen and oxygen atoms in total. The molecule has 0 radical (unpaired) electrons. The number of nitrogens with one attached hydrogen (secondary N) is 1. The number of aromatic nitrogens is 1. The van der Waals surface area contributed by atoms with E-state index < -0.39 is 6.04 Å². The zero-order chi connectivity index (χ0) is 15.1. The summed E-state index contributed by atoms with van der Waals surface area (Å²) in [5, 5.41) is 2.76. The third-order valence-electron chi connectivity index (χ3n) is 2.96. The Labute approximate surface area is 124 Å². The van der Waals surface area contributed by atoms with Crippen LogP contribution in [0.3, 0.4) is 0 Å². The molecule has 0 fully saturated rings. The van der Waals surface area contributed by atoms with Crippen LogP contribution in [0.5, 0.6) is 5.75 Å². The number of benzene rings is 1. The molecular formula is C16H19N3O2. The first-order chi connectivity index (χ1) is 10.1. The maximum absolute atomic E-state index is 11.4. The van der Waals surface area contributed by atoms with E-state index in [1.165, 1.54) is 0 Å².